The maximum Gasteiger partial charge on any atom is 0.328 e. The van der Waals surface area contributed by atoms with E-state index < -0.39 is 0 Å². The molecular weight excluding hydrogens is 371 g/mol. The largest absolute Gasteiger partial charge is 0.472 e. The van der Waals surface area contributed by atoms with Gasteiger partial charge in [-0.25, -0.2) is 9.07 Å². The topological polar surface area (TPSA) is 58.0 Å². The zero-order valence-electron chi connectivity index (χ0n) is 16.2. The number of amidine groups is 1. The van der Waals surface area contributed by atoms with Crippen LogP contribution in [0.4, 0.5) is 4.39 Å². The maximum absolute atomic E-state index is 13.2. The van der Waals surface area contributed by atoms with Gasteiger partial charge in [-0.05, 0) is 60.3 Å². The summed E-state index contributed by atoms with van der Waals surface area (Å²) in [6.07, 6.45) is 10.4. The van der Waals surface area contributed by atoms with Gasteiger partial charge in [0.15, 0.2) is 6.20 Å². The van der Waals surface area contributed by atoms with Gasteiger partial charge < -0.3 is 9.64 Å². The molecule has 0 saturated carbocycles. The Morgan fingerprint density at radius 3 is 2.76 bits per heavy atom. The number of ether oxygens (including phenoxy) is 1. The van der Waals surface area contributed by atoms with Crippen LogP contribution < -0.4 is 0 Å². The van der Waals surface area contributed by atoms with E-state index in [9.17, 15) is 4.39 Å². The van der Waals surface area contributed by atoms with Crippen LogP contribution in [0.5, 0.6) is 0 Å². The molecule has 0 bridgehead atoms. The first-order valence-corrected chi connectivity index (χ1v) is 9.81. The SMILES string of the molecule is CN1CCC(OC2=CCC3=NC=C(c4cnn(-c5ccc(F)cc5)c4)[N+]3=N2)CC1. The number of likely N-dealkylation sites (tertiary alicyclic amines) is 1. The second-order valence-corrected chi connectivity index (χ2v) is 7.49. The van der Waals surface area contributed by atoms with Crippen LogP contribution in [0.25, 0.3) is 11.4 Å². The Kier molecular flexibility index (Phi) is 4.55. The molecule has 29 heavy (non-hydrogen) atoms. The van der Waals surface area contributed by atoms with Crippen molar-refractivity contribution in [3.63, 3.8) is 0 Å². The third-order valence-electron chi connectivity index (χ3n) is 5.39. The summed E-state index contributed by atoms with van der Waals surface area (Å²) in [6.45, 7) is 2.09. The molecule has 3 aliphatic rings. The number of halogens is 1. The van der Waals surface area contributed by atoms with Crippen molar-refractivity contribution in [2.75, 3.05) is 20.1 Å². The lowest BCUT2D eigenvalue weighted by Gasteiger charge is -2.29. The summed E-state index contributed by atoms with van der Waals surface area (Å²) in [5.74, 6) is 1.25. The predicted molar refractivity (Wildman–Crippen MR) is 106 cm³/mol. The van der Waals surface area contributed by atoms with Crippen molar-refractivity contribution in [1.82, 2.24) is 14.7 Å². The number of benzene rings is 1. The smallest absolute Gasteiger partial charge is 0.328 e. The van der Waals surface area contributed by atoms with Gasteiger partial charge in [-0.15, -0.1) is 0 Å². The van der Waals surface area contributed by atoms with E-state index in [1.165, 1.54) is 12.1 Å². The lowest BCUT2D eigenvalue weighted by Crippen LogP contribution is -2.34. The molecule has 0 amide bonds. The molecular formula is C21H22FN6O+. The van der Waals surface area contributed by atoms with Crippen LogP contribution in [0.2, 0.25) is 0 Å². The van der Waals surface area contributed by atoms with E-state index in [4.69, 9.17) is 4.74 Å². The van der Waals surface area contributed by atoms with Crippen LogP contribution in [-0.4, -0.2) is 51.5 Å². The molecule has 7 nitrogen and oxygen atoms in total. The van der Waals surface area contributed by atoms with Gasteiger partial charge in [0.1, 0.15) is 11.9 Å². The highest BCUT2D eigenvalue weighted by molar-refractivity contribution is 5.85. The van der Waals surface area contributed by atoms with Gasteiger partial charge in [0.05, 0.1) is 23.9 Å². The zero-order valence-corrected chi connectivity index (χ0v) is 16.2. The Hall–Kier alpha value is -3.13. The van der Waals surface area contributed by atoms with E-state index in [1.807, 2.05) is 17.0 Å². The van der Waals surface area contributed by atoms with E-state index in [-0.39, 0.29) is 11.9 Å². The number of fused-ring (bicyclic) bond motifs is 1. The molecule has 0 spiro atoms. The first kappa shape index (κ1) is 17.9. The molecule has 2 aromatic rings. The number of nitrogens with zero attached hydrogens (tertiary/aromatic N) is 6. The minimum Gasteiger partial charge on any atom is -0.472 e. The second-order valence-electron chi connectivity index (χ2n) is 7.49. The number of rotatable bonds is 4. The van der Waals surface area contributed by atoms with Gasteiger partial charge >= 0.3 is 5.84 Å². The Balaban J connectivity index is 1.34. The summed E-state index contributed by atoms with van der Waals surface area (Å²) in [5.41, 5.74) is 2.53. The summed E-state index contributed by atoms with van der Waals surface area (Å²) in [7, 11) is 2.14. The normalized spacial score (nSPS) is 19.9. The van der Waals surface area contributed by atoms with E-state index in [2.05, 4.69) is 27.2 Å². The highest BCUT2D eigenvalue weighted by Gasteiger charge is 2.33. The zero-order chi connectivity index (χ0) is 19.8. The summed E-state index contributed by atoms with van der Waals surface area (Å²) < 4.78 is 22.9. The van der Waals surface area contributed by atoms with Gasteiger partial charge in [0.2, 0.25) is 5.70 Å². The number of aliphatic imine (C=N–C) groups is 1. The quantitative estimate of drug-likeness (QED) is 0.747. The summed E-state index contributed by atoms with van der Waals surface area (Å²) in [6, 6.07) is 6.23. The van der Waals surface area contributed by atoms with Crippen molar-refractivity contribution in [3.05, 3.63) is 66.2 Å². The van der Waals surface area contributed by atoms with Gasteiger partial charge in [-0.2, -0.15) is 5.10 Å². The molecule has 148 valence electrons. The van der Waals surface area contributed by atoms with Gasteiger partial charge in [0.25, 0.3) is 5.88 Å². The molecule has 1 fully saturated rings. The monoisotopic (exact) mass is 393 g/mol. The van der Waals surface area contributed by atoms with Crippen molar-refractivity contribution >= 4 is 11.5 Å². The second kappa shape index (κ2) is 7.36. The third kappa shape index (κ3) is 3.63. The predicted octanol–water partition coefficient (Wildman–Crippen LogP) is 3.54. The van der Waals surface area contributed by atoms with Gasteiger partial charge in [-0.1, -0.05) is 4.70 Å². The van der Waals surface area contributed by atoms with Gasteiger partial charge in [0, 0.05) is 19.3 Å². The lowest BCUT2D eigenvalue weighted by atomic mass is 10.1. The Labute approximate surface area is 168 Å². The Morgan fingerprint density at radius 2 is 1.97 bits per heavy atom. The number of piperidine rings is 1. The molecule has 5 rings (SSSR count). The fraction of sp³-hybridized carbons (Fsp3) is 0.333. The van der Waals surface area contributed by atoms with E-state index in [0.29, 0.717) is 12.3 Å². The molecule has 8 heteroatoms. The van der Waals surface area contributed by atoms with Crippen molar-refractivity contribution in [1.29, 1.82) is 0 Å². The minimum atomic E-state index is -0.270. The van der Waals surface area contributed by atoms with Crippen LogP contribution in [0.1, 0.15) is 24.8 Å². The van der Waals surface area contributed by atoms with Crippen molar-refractivity contribution in [2.24, 2.45) is 10.1 Å². The summed E-state index contributed by atoms with van der Waals surface area (Å²) >= 11 is 0. The molecule has 0 N–H and O–H groups in total. The maximum atomic E-state index is 13.2. The van der Waals surface area contributed by atoms with Gasteiger partial charge in [-0.3, -0.25) is 0 Å². The number of hydrogen-bond acceptors (Lipinski definition) is 5. The van der Waals surface area contributed by atoms with E-state index in [1.54, 1.807) is 29.2 Å². The third-order valence-corrected chi connectivity index (χ3v) is 5.39. The fourth-order valence-electron chi connectivity index (χ4n) is 3.68. The van der Waals surface area contributed by atoms with Crippen LogP contribution in [-0.2, 0) is 4.74 Å². The fourth-order valence-corrected chi connectivity index (χ4v) is 3.68. The van der Waals surface area contributed by atoms with Crippen LogP contribution in [0.3, 0.4) is 0 Å². The summed E-state index contributed by atoms with van der Waals surface area (Å²) in [4.78, 5) is 6.81. The molecule has 1 saturated heterocycles. The number of aromatic nitrogens is 2. The highest BCUT2D eigenvalue weighted by atomic mass is 19.1. The molecule has 4 heterocycles. The standard InChI is InChI=1S/C21H22FN6O/c1-26-10-8-18(9-11-26)29-21-7-6-20-23-13-19(28(20)25-21)15-12-24-27(14-15)17-4-2-16(22)3-5-17/h2-5,7,12-14,18H,6,8-11H2,1H3/q+1. The average molecular weight is 393 g/mol. The van der Waals surface area contributed by atoms with Crippen LogP contribution in [0, 0.1) is 5.82 Å². The molecule has 0 radical (unpaired) electrons. The molecule has 0 atom stereocenters. The first-order valence-electron chi connectivity index (χ1n) is 9.81. The Bertz CT molecular complexity index is 1040. The van der Waals surface area contributed by atoms with Crippen LogP contribution in [0.15, 0.2) is 64.9 Å². The van der Waals surface area contributed by atoms with Crippen LogP contribution >= 0.6 is 0 Å². The number of azo groups is 2. The molecule has 0 unspecified atom stereocenters. The van der Waals surface area contributed by atoms with Crippen molar-refractivity contribution in [2.45, 2.75) is 25.4 Å². The minimum absolute atomic E-state index is 0.205. The lowest BCUT2D eigenvalue weighted by molar-refractivity contribution is -0.383. The number of hydrogen-bond donors (Lipinski definition) is 0. The van der Waals surface area contributed by atoms with Crippen molar-refractivity contribution < 1.29 is 13.8 Å². The molecule has 3 aliphatic heterocycles. The highest BCUT2D eigenvalue weighted by Crippen LogP contribution is 2.28. The average Bonchev–Trinajstić information content (AvgIpc) is 3.37. The first-order chi connectivity index (χ1) is 14.2. The molecule has 1 aromatic carbocycles. The summed E-state index contributed by atoms with van der Waals surface area (Å²) in [5, 5.41) is 9.08. The van der Waals surface area contributed by atoms with E-state index in [0.717, 1.165) is 48.7 Å². The van der Waals surface area contributed by atoms with Crippen molar-refractivity contribution in [3.8, 4) is 5.69 Å². The molecule has 0 aliphatic carbocycles. The van der Waals surface area contributed by atoms with E-state index >= 15 is 0 Å². The molecule has 1 aromatic heterocycles. The Morgan fingerprint density at radius 1 is 1.17 bits per heavy atom.